The summed E-state index contributed by atoms with van der Waals surface area (Å²) in [4.78, 5) is 11.0. The lowest BCUT2D eigenvalue weighted by Gasteiger charge is -2.41. The van der Waals surface area contributed by atoms with E-state index in [0.29, 0.717) is 30.4 Å². The Balaban J connectivity index is 1.53. The maximum atomic E-state index is 11.8. The van der Waals surface area contributed by atoms with Gasteiger partial charge in [0.05, 0.1) is 26.4 Å². The number of fused-ring (bicyclic) bond motifs is 1. The molecule has 1 aromatic heterocycles. The Morgan fingerprint density at radius 3 is 2.67 bits per heavy atom. The summed E-state index contributed by atoms with van der Waals surface area (Å²) in [5.74, 6) is 1.87. The molecule has 2 aliphatic rings. The molecule has 30 heavy (non-hydrogen) atoms. The number of methoxy groups -OCH3 is 2. The van der Waals surface area contributed by atoms with Crippen LogP contribution in [0.15, 0.2) is 30.5 Å². The summed E-state index contributed by atoms with van der Waals surface area (Å²) in [7, 11) is 3.09. The Labute approximate surface area is 178 Å². The third-order valence-corrected chi connectivity index (χ3v) is 6.48. The van der Waals surface area contributed by atoms with Crippen LogP contribution in [0.2, 0.25) is 0 Å². The highest BCUT2D eigenvalue weighted by molar-refractivity contribution is 5.33. The SMILES string of the molecule is CCOc1ccc(CN2CC3CCCC(O)(c4cnc(OC)nc4OC)C3C2)cc1. The number of benzene rings is 1. The molecule has 7 heteroatoms. The van der Waals surface area contributed by atoms with Gasteiger partial charge in [0.1, 0.15) is 11.4 Å². The van der Waals surface area contributed by atoms with Crippen molar-refractivity contribution in [2.45, 2.75) is 38.3 Å². The fourth-order valence-electron chi connectivity index (χ4n) is 5.09. The first-order valence-electron chi connectivity index (χ1n) is 10.7. The molecule has 1 saturated heterocycles. The highest BCUT2D eigenvalue weighted by Gasteiger charge is 2.51. The van der Waals surface area contributed by atoms with Gasteiger partial charge >= 0.3 is 6.01 Å². The molecule has 1 aromatic carbocycles. The van der Waals surface area contributed by atoms with E-state index in [4.69, 9.17) is 14.2 Å². The van der Waals surface area contributed by atoms with Gasteiger partial charge in [0, 0.05) is 31.7 Å². The Kier molecular flexibility index (Phi) is 6.11. The van der Waals surface area contributed by atoms with Crippen LogP contribution in [0.1, 0.15) is 37.3 Å². The van der Waals surface area contributed by atoms with Gasteiger partial charge in [-0.1, -0.05) is 12.1 Å². The maximum Gasteiger partial charge on any atom is 0.319 e. The van der Waals surface area contributed by atoms with Gasteiger partial charge < -0.3 is 19.3 Å². The van der Waals surface area contributed by atoms with Crippen LogP contribution >= 0.6 is 0 Å². The van der Waals surface area contributed by atoms with Crippen molar-refractivity contribution in [1.82, 2.24) is 14.9 Å². The monoisotopic (exact) mass is 413 g/mol. The van der Waals surface area contributed by atoms with Gasteiger partial charge in [0.2, 0.25) is 5.88 Å². The summed E-state index contributed by atoms with van der Waals surface area (Å²) in [5.41, 5.74) is 0.933. The molecule has 7 nitrogen and oxygen atoms in total. The van der Waals surface area contributed by atoms with Gasteiger partial charge in [-0.25, -0.2) is 4.98 Å². The van der Waals surface area contributed by atoms with Crippen molar-refractivity contribution >= 4 is 0 Å². The molecule has 2 aromatic rings. The van der Waals surface area contributed by atoms with E-state index in [1.807, 2.05) is 19.1 Å². The zero-order valence-electron chi connectivity index (χ0n) is 18.0. The Morgan fingerprint density at radius 2 is 1.97 bits per heavy atom. The van der Waals surface area contributed by atoms with E-state index < -0.39 is 5.60 Å². The van der Waals surface area contributed by atoms with Gasteiger partial charge in [-0.3, -0.25) is 4.90 Å². The summed E-state index contributed by atoms with van der Waals surface area (Å²) in [6, 6.07) is 8.55. The molecule has 0 spiro atoms. The van der Waals surface area contributed by atoms with E-state index in [1.165, 1.54) is 12.7 Å². The lowest BCUT2D eigenvalue weighted by atomic mass is 9.68. The molecule has 1 aliphatic carbocycles. The van der Waals surface area contributed by atoms with E-state index in [2.05, 4.69) is 27.0 Å². The van der Waals surface area contributed by atoms with E-state index in [1.54, 1.807) is 13.3 Å². The normalized spacial score (nSPS) is 26.3. The predicted molar refractivity (Wildman–Crippen MR) is 113 cm³/mol. The second-order valence-electron chi connectivity index (χ2n) is 8.23. The van der Waals surface area contributed by atoms with Crippen molar-refractivity contribution in [3.63, 3.8) is 0 Å². The molecule has 3 atom stereocenters. The van der Waals surface area contributed by atoms with Crippen molar-refractivity contribution in [2.24, 2.45) is 11.8 Å². The first-order valence-corrected chi connectivity index (χ1v) is 10.7. The molecular weight excluding hydrogens is 382 g/mol. The molecule has 162 valence electrons. The number of aliphatic hydroxyl groups is 1. The molecule has 0 amide bonds. The molecule has 4 rings (SSSR count). The zero-order chi connectivity index (χ0) is 21.1. The van der Waals surface area contributed by atoms with Crippen LogP contribution < -0.4 is 14.2 Å². The number of hydrogen-bond donors (Lipinski definition) is 1. The highest BCUT2D eigenvalue weighted by Crippen LogP contribution is 2.50. The second-order valence-corrected chi connectivity index (χ2v) is 8.23. The van der Waals surface area contributed by atoms with Crippen molar-refractivity contribution in [3.8, 4) is 17.6 Å². The summed E-state index contributed by atoms with van der Waals surface area (Å²) in [6.07, 6.45) is 4.47. The molecule has 2 heterocycles. The van der Waals surface area contributed by atoms with Crippen molar-refractivity contribution < 1.29 is 19.3 Å². The minimum atomic E-state index is -0.992. The average Bonchev–Trinajstić information content (AvgIpc) is 3.19. The predicted octanol–water partition coefficient (Wildman–Crippen LogP) is 3.01. The van der Waals surface area contributed by atoms with E-state index in [0.717, 1.165) is 38.2 Å². The lowest BCUT2D eigenvalue weighted by Crippen LogP contribution is -2.43. The number of hydrogen-bond acceptors (Lipinski definition) is 7. The number of rotatable bonds is 7. The molecule has 1 aliphatic heterocycles. The summed E-state index contributed by atoms with van der Waals surface area (Å²) in [6.45, 7) is 5.35. The number of likely N-dealkylation sites (tertiary alicyclic amines) is 1. The van der Waals surface area contributed by atoms with Crippen LogP contribution in [-0.2, 0) is 12.1 Å². The average molecular weight is 414 g/mol. The van der Waals surface area contributed by atoms with Gasteiger partial charge in [0.15, 0.2) is 0 Å². The minimum Gasteiger partial charge on any atom is -0.494 e. The standard InChI is InChI=1S/C23H31N3O4/c1-4-30-18-9-7-16(8-10-18)13-26-14-17-6-5-11-23(27,20(17)15-26)19-12-24-22(29-3)25-21(19)28-2/h7-10,12,17,20,27H,4-6,11,13-15H2,1-3H3. The second kappa shape index (κ2) is 8.78. The molecule has 2 fully saturated rings. The van der Waals surface area contributed by atoms with Crippen molar-refractivity contribution in [1.29, 1.82) is 0 Å². The fourth-order valence-corrected chi connectivity index (χ4v) is 5.09. The van der Waals surface area contributed by atoms with Crippen molar-refractivity contribution in [3.05, 3.63) is 41.6 Å². The van der Waals surface area contributed by atoms with E-state index in [9.17, 15) is 5.11 Å². The topological polar surface area (TPSA) is 76.9 Å². The van der Waals surface area contributed by atoms with Gasteiger partial charge in [-0.05, 0) is 49.8 Å². The van der Waals surface area contributed by atoms with Crippen LogP contribution in [0.5, 0.6) is 17.6 Å². The van der Waals surface area contributed by atoms with Crippen molar-refractivity contribution in [2.75, 3.05) is 33.9 Å². The molecule has 0 radical (unpaired) electrons. The van der Waals surface area contributed by atoms with E-state index in [-0.39, 0.29) is 11.9 Å². The van der Waals surface area contributed by atoms with E-state index >= 15 is 0 Å². The zero-order valence-corrected chi connectivity index (χ0v) is 18.0. The molecule has 1 saturated carbocycles. The number of nitrogens with zero attached hydrogens (tertiary/aromatic N) is 3. The molecule has 1 N–H and O–H groups in total. The smallest absolute Gasteiger partial charge is 0.319 e. The third kappa shape index (κ3) is 3.96. The maximum absolute atomic E-state index is 11.8. The summed E-state index contributed by atoms with van der Waals surface area (Å²) < 4.78 is 16.2. The lowest BCUT2D eigenvalue weighted by molar-refractivity contribution is -0.0669. The quantitative estimate of drug-likeness (QED) is 0.748. The molecular formula is C23H31N3O4. The van der Waals surface area contributed by atoms with Gasteiger partial charge in [-0.2, -0.15) is 4.98 Å². The molecule has 0 bridgehead atoms. The fraction of sp³-hybridized carbons (Fsp3) is 0.565. The van der Waals surface area contributed by atoms with Gasteiger partial charge in [0.25, 0.3) is 0 Å². The van der Waals surface area contributed by atoms with Crippen LogP contribution in [0.25, 0.3) is 0 Å². The summed E-state index contributed by atoms with van der Waals surface area (Å²) >= 11 is 0. The summed E-state index contributed by atoms with van der Waals surface area (Å²) in [5, 5.41) is 11.8. The highest BCUT2D eigenvalue weighted by atomic mass is 16.5. The first-order chi connectivity index (χ1) is 14.6. The molecule has 3 unspecified atom stereocenters. The van der Waals surface area contributed by atoms with Crippen LogP contribution in [0, 0.1) is 11.8 Å². The first kappa shape index (κ1) is 20.9. The van der Waals surface area contributed by atoms with Crippen LogP contribution in [0.3, 0.4) is 0 Å². The van der Waals surface area contributed by atoms with Crippen LogP contribution in [0.4, 0.5) is 0 Å². The Morgan fingerprint density at radius 1 is 1.17 bits per heavy atom. The van der Waals surface area contributed by atoms with Gasteiger partial charge in [-0.15, -0.1) is 0 Å². The third-order valence-electron chi connectivity index (χ3n) is 6.48. The largest absolute Gasteiger partial charge is 0.494 e. The Hall–Kier alpha value is -2.38. The minimum absolute atomic E-state index is 0.125. The van der Waals surface area contributed by atoms with Crippen LogP contribution in [-0.4, -0.2) is 53.9 Å². The number of aromatic nitrogens is 2. The number of ether oxygens (including phenoxy) is 3. The Bertz CT molecular complexity index is 860.